The van der Waals surface area contributed by atoms with Crippen LogP contribution in [0, 0.1) is 0 Å². The Kier molecular flexibility index (Phi) is 8.02. The van der Waals surface area contributed by atoms with Gasteiger partial charge in [0.2, 0.25) is 5.91 Å². The molecule has 1 saturated heterocycles. The maximum absolute atomic E-state index is 10.9. The third-order valence-electron chi connectivity index (χ3n) is 3.69. The summed E-state index contributed by atoms with van der Waals surface area (Å²) in [6.45, 7) is 13.5. The molecule has 0 aromatic carbocycles. The molecule has 5 heteroatoms. The maximum Gasteiger partial charge on any atom is 0.216 e. The molecule has 1 fully saturated rings. The van der Waals surface area contributed by atoms with Gasteiger partial charge in [-0.25, -0.2) is 0 Å². The second kappa shape index (κ2) is 9.28. The first-order valence-electron chi connectivity index (χ1n) is 7.46. The number of ether oxygens (including phenoxy) is 1. The van der Waals surface area contributed by atoms with E-state index in [1.807, 2.05) is 6.92 Å². The van der Waals surface area contributed by atoms with Gasteiger partial charge in [-0.1, -0.05) is 6.92 Å². The highest BCUT2D eigenvalue weighted by Gasteiger charge is 2.24. The van der Waals surface area contributed by atoms with Crippen LogP contribution < -0.4 is 5.32 Å². The van der Waals surface area contributed by atoms with Crippen molar-refractivity contribution >= 4 is 5.91 Å². The molecule has 112 valence electrons. The Morgan fingerprint density at radius 1 is 1.32 bits per heavy atom. The second-order valence-electron chi connectivity index (χ2n) is 5.08. The highest BCUT2D eigenvalue weighted by molar-refractivity contribution is 5.72. The predicted molar refractivity (Wildman–Crippen MR) is 77.3 cm³/mol. The lowest BCUT2D eigenvalue weighted by Gasteiger charge is -2.41. The molecule has 1 N–H and O–H groups in total. The van der Waals surface area contributed by atoms with Gasteiger partial charge >= 0.3 is 0 Å². The largest absolute Gasteiger partial charge is 0.380 e. The minimum atomic E-state index is 0.0578. The van der Waals surface area contributed by atoms with Crippen molar-refractivity contribution in [2.45, 2.75) is 33.2 Å². The van der Waals surface area contributed by atoms with Gasteiger partial charge in [-0.2, -0.15) is 0 Å². The van der Waals surface area contributed by atoms with E-state index in [0.717, 1.165) is 52.5 Å². The lowest BCUT2D eigenvalue weighted by atomic mass is 10.1. The van der Waals surface area contributed by atoms with E-state index >= 15 is 0 Å². The van der Waals surface area contributed by atoms with Gasteiger partial charge < -0.3 is 10.1 Å². The van der Waals surface area contributed by atoms with Crippen LogP contribution in [0.15, 0.2) is 0 Å². The molecule has 0 radical (unpaired) electrons. The van der Waals surface area contributed by atoms with E-state index in [9.17, 15) is 4.79 Å². The number of hydrogen-bond acceptors (Lipinski definition) is 4. The second-order valence-corrected chi connectivity index (χ2v) is 5.08. The van der Waals surface area contributed by atoms with Gasteiger partial charge in [0.05, 0.1) is 6.61 Å². The highest BCUT2D eigenvalue weighted by atomic mass is 16.5. The van der Waals surface area contributed by atoms with Crippen LogP contribution >= 0.6 is 0 Å². The first kappa shape index (κ1) is 16.4. The number of amides is 1. The summed E-state index contributed by atoms with van der Waals surface area (Å²) in [6.07, 6.45) is 1.17. The molecule has 1 aliphatic rings. The average Bonchev–Trinajstić information content (AvgIpc) is 2.39. The van der Waals surface area contributed by atoms with Crippen LogP contribution in [0.25, 0.3) is 0 Å². The van der Waals surface area contributed by atoms with Gasteiger partial charge in [-0.05, 0) is 13.3 Å². The minimum Gasteiger partial charge on any atom is -0.380 e. The molecule has 0 saturated carbocycles. The van der Waals surface area contributed by atoms with Crippen molar-refractivity contribution in [3.8, 4) is 0 Å². The normalized spacial score (nSPS) is 21.5. The standard InChI is InChI=1S/C14H29N3O2/c1-4-14-12-16(7-6-15-13(3)18)8-9-17(14)10-11-19-5-2/h14H,4-12H2,1-3H3,(H,15,18)/t14-/m0/s1. The Balaban J connectivity index is 2.27. The lowest BCUT2D eigenvalue weighted by molar-refractivity contribution is -0.119. The van der Waals surface area contributed by atoms with Gasteiger partial charge in [0.1, 0.15) is 0 Å². The van der Waals surface area contributed by atoms with Crippen LogP contribution in [0.2, 0.25) is 0 Å². The van der Waals surface area contributed by atoms with Crippen molar-refractivity contribution in [3.05, 3.63) is 0 Å². The quantitative estimate of drug-likeness (QED) is 0.655. The molecule has 1 amide bonds. The minimum absolute atomic E-state index is 0.0578. The fourth-order valence-electron chi connectivity index (χ4n) is 2.56. The Labute approximate surface area is 117 Å². The fourth-order valence-corrected chi connectivity index (χ4v) is 2.56. The van der Waals surface area contributed by atoms with Crippen molar-refractivity contribution in [1.29, 1.82) is 0 Å². The molecule has 0 aliphatic carbocycles. The number of nitrogens with one attached hydrogen (secondary N) is 1. The molecule has 1 aliphatic heterocycles. The molecule has 19 heavy (non-hydrogen) atoms. The van der Waals surface area contributed by atoms with Crippen molar-refractivity contribution in [2.24, 2.45) is 0 Å². The molecule has 1 atom stereocenters. The number of carbonyl (C=O) groups excluding carboxylic acids is 1. The highest BCUT2D eigenvalue weighted by Crippen LogP contribution is 2.12. The van der Waals surface area contributed by atoms with Crippen molar-refractivity contribution in [2.75, 3.05) is 52.5 Å². The van der Waals surface area contributed by atoms with Gasteiger partial charge in [0.25, 0.3) is 0 Å². The predicted octanol–water partition coefficient (Wildman–Crippen LogP) is 0.555. The Morgan fingerprint density at radius 2 is 2.11 bits per heavy atom. The summed E-state index contributed by atoms with van der Waals surface area (Å²) >= 11 is 0. The van der Waals surface area contributed by atoms with Gasteiger partial charge in [-0.3, -0.25) is 14.6 Å². The summed E-state index contributed by atoms with van der Waals surface area (Å²) in [5, 5.41) is 2.86. The van der Waals surface area contributed by atoms with E-state index in [0.29, 0.717) is 6.04 Å². The van der Waals surface area contributed by atoms with Gasteiger partial charge in [0.15, 0.2) is 0 Å². The van der Waals surface area contributed by atoms with Crippen molar-refractivity contribution in [3.63, 3.8) is 0 Å². The maximum atomic E-state index is 10.9. The van der Waals surface area contributed by atoms with E-state index in [4.69, 9.17) is 4.74 Å². The van der Waals surface area contributed by atoms with E-state index in [1.165, 1.54) is 6.42 Å². The summed E-state index contributed by atoms with van der Waals surface area (Å²) < 4.78 is 5.44. The average molecular weight is 271 g/mol. The molecule has 5 nitrogen and oxygen atoms in total. The SMILES string of the molecule is CCOCCN1CCN(CCNC(C)=O)C[C@@H]1CC. The van der Waals surface area contributed by atoms with Crippen LogP contribution in [-0.2, 0) is 9.53 Å². The molecular weight excluding hydrogens is 242 g/mol. The van der Waals surface area contributed by atoms with E-state index in [1.54, 1.807) is 6.92 Å². The van der Waals surface area contributed by atoms with Crippen LogP contribution in [-0.4, -0.2) is 74.2 Å². The molecule has 1 heterocycles. The smallest absolute Gasteiger partial charge is 0.216 e. The Bertz CT molecular complexity index is 261. The number of hydrogen-bond donors (Lipinski definition) is 1. The summed E-state index contributed by atoms with van der Waals surface area (Å²) in [5.74, 6) is 0.0578. The fraction of sp³-hybridized carbons (Fsp3) is 0.929. The summed E-state index contributed by atoms with van der Waals surface area (Å²) in [7, 11) is 0. The summed E-state index contributed by atoms with van der Waals surface area (Å²) in [6, 6.07) is 0.617. The third kappa shape index (κ3) is 6.36. The van der Waals surface area contributed by atoms with Gasteiger partial charge in [-0.15, -0.1) is 0 Å². The number of nitrogens with zero attached hydrogens (tertiary/aromatic N) is 2. The lowest BCUT2D eigenvalue weighted by Crippen LogP contribution is -2.54. The van der Waals surface area contributed by atoms with Crippen molar-refractivity contribution < 1.29 is 9.53 Å². The van der Waals surface area contributed by atoms with Crippen LogP contribution in [0.4, 0.5) is 0 Å². The summed E-state index contributed by atoms with van der Waals surface area (Å²) in [4.78, 5) is 15.8. The zero-order chi connectivity index (χ0) is 14.1. The molecule has 0 aromatic heterocycles. The van der Waals surface area contributed by atoms with E-state index < -0.39 is 0 Å². The molecule has 0 spiro atoms. The van der Waals surface area contributed by atoms with Crippen molar-refractivity contribution in [1.82, 2.24) is 15.1 Å². The van der Waals surface area contributed by atoms with Gasteiger partial charge in [0, 0.05) is 58.8 Å². The first-order valence-corrected chi connectivity index (χ1v) is 7.46. The van der Waals surface area contributed by atoms with E-state index in [-0.39, 0.29) is 5.91 Å². The molecular formula is C14H29N3O2. The Hall–Kier alpha value is -0.650. The molecule has 0 bridgehead atoms. The first-order chi connectivity index (χ1) is 9.17. The zero-order valence-electron chi connectivity index (χ0n) is 12.7. The number of rotatable bonds is 8. The molecule has 0 unspecified atom stereocenters. The molecule has 1 rings (SSSR count). The van der Waals surface area contributed by atoms with E-state index in [2.05, 4.69) is 22.0 Å². The van der Waals surface area contributed by atoms with Crippen LogP contribution in [0.3, 0.4) is 0 Å². The molecule has 0 aromatic rings. The van der Waals surface area contributed by atoms with Crippen LogP contribution in [0.1, 0.15) is 27.2 Å². The number of piperazine rings is 1. The number of carbonyl (C=O) groups is 1. The summed E-state index contributed by atoms with van der Waals surface area (Å²) in [5.41, 5.74) is 0. The van der Waals surface area contributed by atoms with Crippen LogP contribution in [0.5, 0.6) is 0 Å². The monoisotopic (exact) mass is 271 g/mol. The Morgan fingerprint density at radius 3 is 2.74 bits per heavy atom. The third-order valence-corrected chi connectivity index (χ3v) is 3.69. The zero-order valence-corrected chi connectivity index (χ0v) is 12.7. The topological polar surface area (TPSA) is 44.8 Å².